The number of hydrogen-bond donors (Lipinski definition) is 0. The van der Waals surface area contributed by atoms with Gasteiger partial charge in [-0.2, -0.15) is 5.10 Å². The van der Waals surface area contributed by atoms with Crippen molar-refractivity contribution in [2.24, 2.45) is 0 Å². The molecule has 0 aromatic carbocycles. The molecular weight excluding hydrogens is 143 g/mol. The van der Waals surface area contributed by atoms with Gasteiger partial charge >= 0.3 is 0 Å². The summed E-state index contributed by atoms with van der Waals surface area (Å²) in [6, 6.07) is 0. The van der Waals surface area contributed by atoms with Crippen LogP contribution in [-0.4, -0.2) is 16.5 Å². The van der Waals surface area contributed by atoms with E-state index in [1.165, 1.54) is 5.56 Å². The molecule has 0 aliphatic heterocycles. The highest BCUT2D eigenvalue weighted by Gasteiger charge is 2.01. The number of alkyl halides is 1. The van der Waals surface area contributed by atoms with Gasteiger partial charge in [-0.1, -0.05) is 13.8 Å². The van der Waals surface area contributed by atoms with Crippen LogP contribution in [-0.2, 0) is 6.54 Å². The highest BCUT2D eigenvalue weighted by Crippen LogP contribution is 2.11. The molecule has 3 heteroatoms. The van der Waals surface area contributed by atoms with Crippen LogP contribution in [0.3, 0.4) is 0 Å². The third-order valence-corrected chi connectivity index (χ3v) is 1.63. The van der Waals surface area contributed by atoms with E-state index in [4.69, 9.17) is 0 Å². The number of aryl methyl sites for hydroxylation is 1. The maximum atomic E-state index is 11.8. The van der Waals surface area contributed by atoms with Crippen molar-refractivity contribution in [3.63, 3.8) is 0 Å². The fourth-order valence-electron chi connectivity index (χ4n) is 0.887. The number of rotatable bonds is 3. The van der Waals surface area contributed by atoms with Crippen LogP contribution in [0.2, 0.25) is 0 Å². The van der Waals surface area contributed by atoms with Gasteiger partial charge in [0.15, 0.2) is 0 Å². The van der Waals surface area contributed by atoms with Crippen LogP contribution in [0.25, 0.3) is 0 Å². The van der Waals surface area contributed by atoms with Gasteiger partial charge in [-0.3, -0.25) is 4.68 Å². The number of halogens is 1. The lowest BCUT2D eigenvalue weighted by molar-refractivity contribution is 0.427. The minimum atomic E-state index is -0.348. The van der Waals surface area contributed by atoms with Gasteiger partial charge in [0.2, 0.25) is 0 Å². The molecule has 0 saturated carbocycles. The average Bonchev–Trinajstić information content (AvgIpc) is 2.37. The first-order chi connectivity index (χ1) is 5.24. The standard InChI is InChI=1S/C8H13FN2/c1-7(2)8-5-10-11(6-8)4-3-9/h5-7H,3-4H2,1-2H3. The summed E-state index contributed by atoms with van der Waals surface area (Å²) in [5, 5.41) is 4.00. The van der Waals surface area contributed by atoms with Crippen molar-refractivity contribution in [1.82, 2.24) is 9.78 Å². The summed E-state index contributed by atoms with van der Waals surface area (Å²) < 4.78 is 13.5. The Bertz CT molecular complexity index is 218. The molecule has 0 aliphatic carbocycles. The molecule has 0 spiro atoms. The van der Waals surface area contributed by atoms with Gasteiger partial charge in [0, 0.05) is 6.20 Å². The van der Waals surface area contributed by atoms with Crippen molar-refractivity contribution in [2.45, 2.75) is 26.3 Å². The molecule has 0 atom stereocenters. The highest BCUT2D eigenvalue weighted by atomic mass is 19.1. The van der Waals surface area contributed by atoms with Gasteiger partial charge < -0.3 is 0 Å². The lowest BCUT2D eigenvalue weighted by Gasteiger charge is -1.97. The lowest BCUT2D eigenvalue weighted by atomic mass is 10.1. The van der Waals surface area contributed by atoms with Gasteiger partial charge in [0.05, 0.1) is 12.7 Å². The van der Waals surface area contributed by atoms with Crippen molar-refractivity contribution in [3.05, 3.63) is 18.0 Å². The average molecular weight is 156 g/mol. The molecule has 0 amide bonds. The van der Waals surface area contributed by atoms with Crippen molar-refractivity contribution in [3.8, 4) is 0 Å². The van der Waals surface area contributed by atoms with E-state index >= 15 is 0 Å². The first-order valence-corrected chi connectivity index (χ1v) is 3.82. The Labute approximate surface area is 66.0 Å². The summed E-state index contributed by atoms with van der Waals surface area (Å²) in [6.07, 6.45) is 3.69. The molecule has 0 aliphatic rings. The molecule has 62 valence electrons. The maximum absolute atomic E-state index is 11.8. The monoisotopic (exact) mass is 156 g/mol. The fourth-order valence-corrected chi connectivity index (χ4v) is 0.887. The molecule has 1 aromatic rings. The molecule has 0 fully saturated rings. The zero-order chi connectivity index (χ0) is 8.27. The third kappa shape index (κ3) is 2.03. The second kappa shape index (κ2) is 3.51. The molecule has 11 heavy (non-hydrogen) atoms. The van der Waals surface area contributed by atoms with E-state index in [1.54, 1.807) is 10.9 Å². The molecule has 2 nitrogen and oxygen atoms in total. The zero-order valence-electron chi connectivity index (χ0n) is 6.92. The summed E-state index contributed by atoms with van der Waals surface area (Å²) in [5.41, 5.74) is 1.17. The molecule has 0 unspecified atom stereocenters. The number of aromatic nitrogens is 2. The maximum Gasteiger partial charge on any atom is 0.109 e. The van der Waals surface area contributed by atoms with Crippen LogP contribution >= 0.6 is 0 Å². The van der Waals surface area contributed by atoms with Gasteiger partial charge in [-0.15, -0.1) is 0 Å². The molecule has 0 saturated heterocycles. The molecule has 1 aromatic heterocycles. The van der Waals surface area contributed by atoms with E-state index in [2.05, 4.69) is 18.9 Å². The summed E-state index contributed by atoms with van der Waals surface area (Å²) >= 11 is 0. The quantitative estimate of drug-likeness (QED) is 0.654. The van der Waals surface area contributed by atoms with Crippen molar-refractivity contribution < 1.29 is 4.39 Å². The van der Waals surface area contributed by atoms with Crippen molar-refractivity contribution in [1.29, 1.82) is 0 Å². The van der Waals surface area contributed by atoms with Crippen molar-refractivity contribution >= 4 is 0 Å². The first kappa shape index (κ1) is 8.24. The predicted molar refractivity (Wildman–Crippen MR) is 42.3 cm³/mol. The van der Waals surface area contributed by atoms with Gasteiger partial charge in [-0.05, 0) is 11.5 Å². The normalized spacial score (nSPS) is 10.9. The van der Waals surface area contributed by atoms with Crippen LogP contribution in [0.15, 0.2) is 12.4 Å². The van der Waals surface area contributed by atoms with Crippen LogP contribution < -0.4 is 0 Å². The SMILES string of the molecule is CC(C)c1cnn(CCF)c1. The third-order valence-electron chi connectivity index (χ3n) is 1.63. The van der Waals surface area contributed by atoms with Gasteiger partial charge in [0.1, 0.15) is 6.67 Å². The summed E-state index contributed by atoms with van der Waals surface area (Å²) in [5.74, 6) is 0.475. The Morgan fingerprint density at radius 1 is 1.64 bits per heavy atom. The largest absolute Gasteiger partial charge is 0.270 e. The molecule has 0 radical (unpaired) electrons. The Balaban J connectivity index is 2.66. The lowest BCUT2D eigenvalue weighted by Crippen LogP contribution is -1.99. The van der Waals surface area contributed by atoms with E-state index in [9.17, 15) is 4.39 Å². The molecule has 0 bridgehead atoms. The minimum absolute atomic E-state index is 0.348. The predicted octanol–water partition coefficient (Wildman–Crippen LogP) is 1.98. The zero-order valence-corrected chi connectivity index (χ0v) is 6.92. The molecule has 1 heterocycles. The summed E-state index contributed by atoms with van der Waals surface area (Å²) in [4.78, 5) is 0. The van der Waals surface area contributed by atoms with Crippen LogP contribution in [0.5, 0.6) is 0 Å². The van der Waals surface area contributed by atoms with E-state index in [0.29, 0.717) is 12.5 Å². The summed E-state index contributed by atoms with van der Waals surface area (Å²) in [6.45, 7) is 4.21. The summed E-state index contributed by atoms with van der Waals surface area (Å²) in [7, 11) is 0. The highest BCUT2D eigenvalue weighted by molar-refractivity contribution is 5.08. The van der Waals surface area contributed by atoms with Crippen LogP contribution in [0.4, 0.5) is 4.39 Å². The Morgan fingerprint density at radius 2 is 2.36 bits per heavy atom. The van der Waals surface area contributed by atoms with E-state index in [0.717, 1.165) is 0 Å². The van der Waals surface area contributed by atoms with Crippen LogP contribution in [0, 0.1) is 0 Å². The number of hydrogen-bond acceptors (Lipinski definition) is 1. The van der Waals surface area contributed by atoms with Crippen molar-refractivity contribution in [2.75, 3.05) is 6.67 Å². The smallest absolute Gasteiger partial charge is 0.109 e. The minimum Gasteiger partial charge on any atom is -0.270 e. The van der Waals surface area contributed by atoms with Crippen LogP contribution in [0.1, 0.15) is 25.3 Å². The van der Waals surface area contributed by atoms with E-state index in [-0.39, 0.29) is 6.67 Å². The second-order valence-corrected chi connectivity index (χ2v) is 2.88. The Hall–Kier alpha value is -0.860. The first-order valence-electron chi connectivity index (χ1n) is 3.82. The second-order valence-electron chi connectivity index (χ2n) is 2.88. The fraction of sp³-hybridized carbons (Fsp3) is 0.625. The molecule has 1 rings (SSSR count). The molecule has 0 N–H and O–H groups in total. The Morgan fingerprint density at radius 3 is 2.82 bits per heavy atom. The Kier molecular flexibility index (Phi) is 2.63. The van der Waals surface area contributed by atoms with Gasteiger partial charge in [0.25, 0.3) is 0 Å². The van der Waals surface area contributed by atoms with Gasteiger partial charge in [-0.25, -0.2) is 4.39 Å². The number of nitrogens with zero attached hydrogens (tertiary/aromatic N) is 2. The van der Waals surface area contributed by atoms with E-state index in [1.807, 2.05) is 6.20 Å². The van der Waals surface area contributed by atoms with E-state index < -0.39 is 0 Å². The topological polar surface area (TPSA) is 17.8 Å². The molecular formula is C8H13FN2.